The first-order valence-corrected chi connectivity index (χ1v) is 6.01. The molecule has 1 aliphatic rings. The van der Waals surface area contributed by atoms with Crippen molar-refractivity contribution in [3.63, 3.8) is 0 Å². The molecule has 0 aromatic carbocycles. The Morgan fingerprint density at radius 2 is 2.00 bits per heavy atom. The van der Waals surface area contributed by atoms with Crippen LogP contribution in [0.3, 0.4) is 0 Å². The molecule has 2 aromatic heterocycles. The van der Waals surface area contributed by atoms with Crippen molar-refractivity contribution in [1.82, 2.24) is 15.0 Å². The van der Waals surface area contributed by atoms with Crippen LogP contribution in [0.2, 0.25) is 0 Å². The van der Waals surface area contributed by atoms with Gasteiger partial charge in [-0.2, -0.15) is 0 Å². The second-order valence-corrected chi connectivity index (χ2v) is 4.51. The summed E-state index contributed by atoms with van der Waals surface area (Å²) < 4.78 is 5.40. The van der Waals surface area contributed by atoms with E-state index in [4.69, 9.17) is 10.5 Å². The average molecular weight is 257 g/mol. The van der Waals surface area contributed by atoms with E-state index >= 15 is 0 Å². The number of aromatic nitrogens is 3. The highest BCUT2D eigenvalue weighted by Gasteiger charge is 2.32. The molecular formula is C13H15N5O. The summed E-state index contributed by atoms with van der Waals surface area (Å²) in [6.07, 6.45) is 5.00. The van der Waals surface area contributed by atoms with E-state index in [1.807, 2.05) is 7.05 Å². The number of anilines is 2. The number of ether oxygens (including phenoxy) is 1. The summed E-state index contributed by atoms with van der Waals surface area (Å²) in [4.78, 5) is 15.1. The number of nitrogens with two attached hydrogens (primary N) is 1. The highest BCUT2D eigenvalue weighted by molar-refractivity contribution is 5.91. The zero-order valence-electron chi connectivity index (χ0n) is 11.1. The number of methoxy groups -OCH3 is 1. The van der Waals surface area contributed by atoms with Crippen molar-refractivity contribution >= 4 is 11.5 Å². The lowest BCUT2D eigenvalue weighted by atomic mass is 9.97. The molecule has 0 radical (unpaired) electrons. The molecule has 1 atom stereocenters. The number of pyridine rings is 1. The van der Waals surface area contributed by atoms with E-state index in [2.05, 4.69) is 26.8 Å². The lowest BCUT2D eigenvalue weighted by Crippen LogP contribution is -2.29. The number of fused-ring (bicyclic) bond motifs is 3. The van der Waals surface area contributed by atoms with E-state index in [1.165, 1.54) is 0 Å². The van der Waals surface area contributed by atoms with Gasteiger partial charge in [-0.1, -0.05) is 0 Å². The second kappa shape index (κ2) is 4.08. The van der Waals surface area contributed by atoms with Crippen LogP contribution in [0.15, 0.2) is 18.6 Å². The fourth-order valence-electron chi connectivity index (χ4n) is 2.46. The van der Waals surface area contributed by atoms with Crippen LogP contribution in [0, 0.1) is 0 Å². The summed E-state index contributed by atoms with van der Waals surface area (Å²) in [7, 11) is 3.58. The van der Waals surface area contributed by atoms with Gasteiger partial charge in [0.25, 0.3) is 0 Å². The molecule has 6 nitrogen and oxygen atoms in total. The summed E-state index contributed by atoms with van der Waals surface area (Å²) in [5.74, 6) is 1.13. The maximum atomic E-state index is 6.02. The Hall–Kier alpha value is -2.37. The standard InChI is InChI=1S/C13H15N5O/c1-7-10-11(16-5-4-15-10)9-8(19-3)6-17-13(14)12(9)18(7)2/h4-7H,1-3H3,(H2,14,17). The van der Waals surface area contributed by atoms with Crippen LogP contribution in [-0.2, 0) is 0 Å². The third kappa shape index (κ3) is 1.53. The van der Waals surface area contributed by atoms with Gasteiger partial charge in [0.1, 0.15) is 11.6 Å². The van der Waals surface area contributed by atoms with Crippen molar-refractivity contribution in [1.29, 1.82) is 0 Å². The molecule has 2 N–H and O–H groups in total. The molecule has 1 unspecified atom stereocenters. The maximum Gasteiger partial charge on any atom is 0.148 e. The SMILES string of the molecule is COc1cnc(N)c2c1-c1nccnc1C(C)N2C. The van der Waals surface area contributed by atoms with Crippen molar-refractivity contribution in [2.75, 3.05) is 24.8 Å². The van der Waals surface area contributed by atoms with Crippen molar-refractivity contribution in [3.05, 3.63) is 24.3 Å². The minimum absolute atomic E-state index is 0.0902. The van der Waals surface area contributed by atoms with Gasteiger partial charge in [-0.25, -0.2) is 4.98 Å². The van der Waals surface area contributed by atoms with Crippen molar-refractivity contribution in [2.24, 2.45) is 0 Å². The van der Waals surface area contributed by atoms with Gasteiger partial charge < -0.3 is 15.4 Å². The molecule has 0 bridgehead atoms. The van der Waals surface area contributed by atoms with Crippen molar-refractivity contribution < 1.29 is 4.74 Å². The third-order valence-corrected chi connectivity index (χ3v) is 3.56. The topological polar surface area (TPSA) is 77.2 Å². The van der Waals surface area contributed by atoms with E-state index < -0.39 is 0 Å². The van der Waals surface area contributed by atoms with E-state index in [1.54, 1.807) is 25.7 Å². The first kappa shape index (κ1) is 11.7. The Kier molecular flexibility index (Phi) is 2.51. The minimum Gasteiger partial charge on any atom is -0.494 e. The molecule has 0 fully saturated rings. The van der Waals surface area contributed by atoms with Gasteiger partial charge >= 0.3 is 0 Å². The summed E-state index contributed by atoms with van der Waals surface area (Å²) in [6.45, 7) is 2.06. The first-order valence-electron chi connectivity index (χ1n) is 6.01. The minimum atomic E-state index is 0.0902. The summed E-state index contributed by atoms with van der Waals surface area (Å²) in [5, 5.41) is 0. The highest BCUT2D eigenvalue weighted by Crippen LogP contribution is 2.48. The van der Waals surface area contributed by atoms with E-state index in [0.717, 1.165) is 22.6 Å². The monoisotopic (exact) mass is 257 g/mol. The van der Waals surface area contributed by atoms with Crippen LogP contribution in [0.25, 0.3) is 11.3 Å². The van der Waals surface area contributed by atoms with Gasteiger partial charge in [0.2, 0.25) is 0 Å². The Morgan fingerprint density at radius 3 is 2.74 bits per heavy atom. The Bertz CT molecular complexity index is 643. The quantitative estimate of drug-likeness (QED) is 0.836. The molecule has 3 heterocycles. The largest absolute Gasteiger partial charge is 0.494 e. The summed E-state index contributed by atoms with van der Waals surface area (Å²) in [5.41, 5.74) is 9.46. The molecule has 0 spiro atoms. The van der Waals surface area contributed by atoms with Crippen LogP contribution in [0.5, 0.6) is 5.75 Å². The second-order valence-electron chi connectivity index (χ2n) is 4.51. The highest BCUT2D eigenvalue weighted by atomic mass is 16.5. The number of hydrogen-bond donors (Lipinski definition) is 1. The molecule has 0 saturated carbocycles. The normalized spacial score (nSPS) is 16.8. The number of nitrogens with zero attached hydrogens (tertiary/aromatic N) is 4. The molecule has 3 rings (SSSR count). The Balaban J connectivity index is 2.39. The van der Waals surface area contributed by atoms with Gasteiger partial charge in [-0.3, -0.25) is 9.97 Å². The van der Waals surface area contributed by atoms with E-state index in [-0.39, 0.29) is 6.04 Å². The average Bonchev–Trinajstić information content (AvgIpc) is 2.44. The van der Waals surface area contributed by atoms with Crippen LogP contribution in [0.1, 0.15) is 18.7 Å². The molecular weight excluding hydrogens is 242 g/mol. The predicted octanol–water partition coefficient (Wildman–Crippen LogP) is 1.64. The lowest BCUT2D eigenvalue weighted by molar-refractivity contribution is 0.414. The van der Waals surface area contributed by atoms with E-state index in [0.29, 0.717) is 11.6 Å². The lowest BCUT2D eigenvalue weighted by Gasteiger charge is -2.34. The molecule has 1 aliphatic heterocycles. The molecule has 0 amide bonds. The first-order chi connectivity index (χ1) is 9.15. The van der Waals surface area contributed by atoms with Gasteiger partial charge in [0.05, 0.1) is 42.0 Å². The number of nitrogen functional groups attached to an aromatic ring is 1. The molecule has 98 valence electrons. The van der Waals surface area contributed by atoms with Gasteiger partial charge in [-0.15, -0.1) is 0 Å². The predicted molar refractivity (Wildman–Crippen MR) is 73.0 cm³/mol. The molecule has 6 heteroatoms. The Morgan fingerprint density at radius 1 is 1.26 bits per heavy atom. The maximum absolute atomic E-state index is 6.02. The summed E-state index contributed by atoms with van der Waals surface area (Å²) >= 11 is 0. The smallest absolute Gasteiger partial charge is 0.148 e. The van der Waals surface area contributed by atoms with Gasteiger partial charge in [-0.05, 0) is 6.92 Å². The van der Waals surface area contributed by atoms with Crippen molar-refractivity contribution in [3.8, 4) is 17.0 Å². The van der Waals surface area contributed by atoms with Crippen LogP contribution < -0.4 is 15.4 Å². The van der Waals surface area contributed by atoms with Crippen LogP contribution in [0.4, 0.5) is 11.5 Å². The number of rotatable bonds is 1. The number of hydrogen-bond acceptors (Lipinski definition) is 6. The molecule has 0 saturated heterocycles. The molecule has 0 aliphatic carbocycles. The zero-order chi connectivity index (χ0) is 13.6. The Labute approximate surface area is 111 Å². The van der Waals surface area contributed by atoms with Gasteiger partial charge in [0, 0.05) is 19.4 Å². The van der Waals surface area contributed by atoms with Crippen LogP contribution in [-0.4, -0.2) is 29.1 Å². The van der Waals surface area contributed by atoms with E-state index in [9.17, 15) is 0 Å². The fourth-order valence-corrected chi connectivity index (χ4v) is 2.46. The van der Waals surface area contributed by atoms with Crippen LogP contribution >= 0.6 is 0 Å². The van der Waals surface area contributed by atoms with Gasteiger partial charge in [0.15, 0.2) is 0 Å². The molecule has 19 heavy (non-hydrogen) atoms. The zero-order valence-corrected chi connectivity index (χ0v) is 11.1. The molecule has 2 aromatic rings. The fraction of sp³-hybridized carbons (Fsp3) is 0.308. The summed E-state index contributed by atoms with van der Waals surface area (Å²) in [6, 6.07) is 0.0902. The van der Waals surface area contributed by atoms with Crippen molar-refractivity contribution in [2.45, 2.75) is 13.0 Å². The third-order valence-electron chi connectivity index (χ3n) is 3.56.